The summed E-state index contributed by atoms with van der Waals surface area (Å²) in [7, 11) is 0. The lowest BCUT2D eigenvalue weighted by atomic mass is 9.84. The standard InChI is InChI=1S/C50H34N2/c1-32-22-25-38-43-30-35(23-26-42(43)50(45(38)28-32)33-12-3-2-4-13-33)34-14-11-15-36(29-34)51-48-21-10-7-18-41(48)44-31-37(24-27-49(44)51)52-46-19-8-5-16-39(46)40-17-6-9-20-47(40)52/h2-27,29-31,50H,1,28H2. The molecule has 2 aromatic heterocycles. The van der Waals surface area contributed by atoms with Crippen molar-refractivity contribution in [2.45, 2.75) is 12.3 Å². The van der Waals surface area contributed by atoms with E-state index in [0.717, 1.165) is 12.1 Å². The molecule has 0 spiro atoms. The molecule has 2 nitrogen and oxygen atoms in total. The summed E-state index contributed by atoms with van der Waals surface area (Å²) >= 11 is 0. The smallest absolute Gasteiger partial charge is 0.0542 e. The summed E-state index contributed by atoms with van der Waals surface area (Å²) in [5, 5.41) is 5.05. The first-order valence-electron chi connectivity index (χ1n) is 18.1. The van der Waals surface area contributed by atoms with Gasteiger partial charge in [0.15, 0.2) is 0 Å². The van der Waals surface area contributed by atoms with E-state index in [9.17, 15) is 0 Å². The van der Waals surface area contributed by atoms with Crippen LogP contribution < -0.4 is 0 Å². The molecule has 0 saturated carbocycles. The second-order valence-electron chi connectivity index (χ2n) is 14.2. The maximum absolute atomic E-state index is 4.33. The molecular weight excluding hydrogens is 629 g/mol. The maximum atomic E-state index is 4.33. The number of nitrogens with zero attached hydrogens (tertiary/aromatic N) is 2. The van der Waals surface area contributed by atoms with Crippen LogP contribution in [0.15, 0.2) is 194 Å². The van der Waals surface area contributed by atoms with E-state index < -0.39 is 0 Å². The Hall–Kier alpha value is -6.64. The third-order valence-corrected chi connectivity index (χ3v) is 11.3. The Labute approximate surface area is 302 Å². The Bertz CT molecular complexity index is 2950. The van der Waals surface area contributed by atoms with Gasteiger partial charge >= 0.3 is 0 Å². The average Bonchev–Trinajstić information content (AvgIpc) is 3.83. The van der Waals surface area contributed by atoms with E-state index in [-0.39, 0.29) is 5.92 Å². The molecule has 2 aliphatic carbocycles. The van der Waals surface area contributed by atoms with Crippen molar-refractivity contribution in [2.24, 2.45) is 0 Å². The third kappa shape index (κ3) is 4.25. The van der Waals surface area contributed by atoms with Gasteiger partial charge in [-0.1, -0.05) is 133 Å². The van der Waals surface area contributed by atoms with Crippen LogP contribution in [0.3, 0.4) is 0 Å². The lowest BCUT2D eigenvalue weighted by Crippen LogP contribution is -2.03. The molecule has 7 aromatic carbocycles. The largest absolute Gasteiger partial charge is 0.309 e. The summed E-state index contributed by atoms with van der Waals surface area (Å²) in [6.45, 7) is 4.33. The van der Waals surface area contributed by atoms with Gasteiger partial charge < -0.3 is 9.13 Å². The second kappa shape index (κ2) is 11.2. The molecule has 244 valence electrons. The van der Waals surface area contributed by atoms with Crippen LogP contribution in [-0.4, -0.2) is 9.13 Å². The highest BCUT2D eigenvalue weighted by Crippen LogP contribution is 2.51. The van der Waals surface area contributed by atoms with Gasteiger partial charge in [0.25, 0.3) is 0 Å². The van der Waals surface area contributed by atoms with E-state index in [1.54, 1.807) is 0 Å². The molecule has 0 aliphatic heterocycles. The van der Waals surface area contributed by atoms with Crippen LogP contribution in [0.1, 0.15) is 29.0 Å². The maximum Gasteiger partial charge on any atom is 0.0542 e. The molecule has 2 heterocycles. The van der Waals surface area contributed by atoms with Crippen molar-refractivity contribution in [3.8, 4) is 22.5 Å². The number of fused-ring (bicyclic) bond motifs is 8. The quantitative estimate of drug-likeness (QED) is 0.177. The van der Waals surface area contributed by atoms with Crippen LogP contribution in [-0.2, 0) is 0 Å². The van der Waals surface area contributed by atoms with E-state index in [4.69, 9.17) is 0 Å². The monoisotopic (exact) mass is 662 g/mol. The lowest BCUT2D eigenvalue weighted by Gasteiger charge is -2.19. The Balaban J connectivity index is 1.06. The van der Waals surface area contributed by atoms with E-state index in [0.29, 0.717) is 0 Å². The van der Waals surface area contributed by atoms with Crippen LogP contribution in [0.2, 0.25) is 0 Å². The van der Waals surface area contributed by atoms with Crippen molar-refractivity contribution in [3.63, 3.8) is 0 Å². The van der Waals surface area contributed by atoms with E-state index in [2.05, 4.69) is 192 Å². The minimum absolute atomic E-state index is 0.262. The molecule has 2 aliphatic rings. The Morgan fingerprint density at radius 3 is 1.77 bits per heavy atom. The van der Waals surface area contributed by atoms with Gasteiger partial charge in [-0.05, 0) is 100.0 Å². The molecule has 9 aromatic rings. The van der Waals surface area contributed by atoms with Crippen molar-refractivity contribution in [1.82, 2.24) is 9.13 Å². The zero-order valence-electron chi connectivity index (χ0n) is 28.6. The molecule has 0 fully saturated rings. The van der Waals surface area contributed by atoms with Crippen molar-refractivity contribution in [3.05, 3.63) is 210 Å². The Morgan fingerprint density at radius 1 is 0.462 bits per heavy atom. The van der Waals surface area contributed by atoms with E-state index in [1.807, 2.05) is 0 Å². The van der Waals surface area contributed by atoms with Gasteiger partial charge in [0.05, 0.1) is 22.1 Å². The van der Waals surface area contributed by atoms with Crippen LogP contribution in [0.25, 0.3) is 71.7 Å². The SMILES string of the molecule is C=C1C=CC2=C(C1)C(c1ccccc1)c1ccc(-c3cccc(-n4c5ccccc5c5cc(-n6c7ccccc7c7ccccc76)ccc54)c3)cc12. The summed E-state index contributed by atoms with van der Waals surface area (Å²) in [4.78, 5) is 0. The fourth-order valence-electron chi connectivity index (χ4n) is 9.07. The summed E-state index contributed by atoms with van der Waals surface area (Å²) in [5.74, 6) is 0.262. The molecule has 0 amide bonds. The molecule has 0 N–H and O–H groups in total. The minimum atomic E-state index is 0.262. The molecular formula is C50H34N2. The zero-order valence-corrected chi connectivity index (χ0v) is 28.6. The van der Waals surface area contributed by atoms with Gasteiger partial charge in [0, 0.05) is 38.8 Å². The van der Waals surface area contributed by atoms with Gasteiger partial charge in [-0.15, -0.1) is 0 Å². The molecule has 0 saturated heterocycles. The Kier molecular flexibility index (Phi) is 6.26. The molecule has 1 unspecified atom stereocenters. The summed E-state index contributed by atoms with van der Waals surface area (Å²) < 4.78 is 4.84. The lowest BCUT2D eigenvalue weighted by molar-refractivity contribution is 0.923. The molecule has 11 rings (SSSR count). The molecule has 52 heavy (non-hydrogen) atoms. The number of aromatic nitrogens is 2. The number of para-hydroxylation sites is 3. The topological polar surface area (TPSA) is 9.86 Å². The predicted molar refractivity (Wildman–Crippen MR) is 219 cm³/mol. The minimum Gasteiger partial charge on any atom is -0.309 e. The summed E-state index contributed by atoms with van der Waals surface area (Å²) in [6.07, 6.45) is 5.39. The van der Waals surface area contributed by atoms with Gasteiger partial charge in [0.2, 0.25) is 0 Å². The number of benzene rings is 7. The molecule has 0 bridgehead atoms. The van der Waals surface area contributed by atoms with Crippen molar-refractivity contribution >= 4 is 49.2 Å². The fraction of sp³-hybridized carbons (Fsp3) is 0.0400. The van der Waals surface area contributed by atoms with Gasteiger partial charge in [-0.2, -0.15) is 0 Å². The highest BCUT2D eigenvalue weighted by molar-refractivity contribution is 6.12. The van der Waals surface area contributed by atoms with Crippen molar-refractivity contribution in [1.29, 1.82) is 0 Å². The fourth-order valence-corrected chi connectivity index (χ4v) is 9.07. The zero-order chi connectivity index (χ0) is 34.3. The number of hydrogen-bond donors (Lipinski definition) is 0. The predicted octanol–water partition coefficient (Wildman–Crippen LogP) is 13.0. The highest BCUT2D eigenvalue weighted by Gasteiger charge is 2.33. The van der Waals surface area contributed by atoms with Crippen LogP contribution >= 0.6 is 0 Å². The number of rotatable bonds is 4. The number of hydrogen-bond acceptors (Lipinski definition) is 0. The number of allylic oxidation sites excluding steroid dienone is 5. The van der Waals surface area contributed by atoms with Crippen LogP contribution in [0.4, 0.5) is 0 Å². The summed E-state index contributed by atoms with van der Waals surface area (Å²) in [5.41, 5.74) is 17.7. The first-order chi connectivity index (χ1) is 25.7. The first kappa shape index (κ1) is 29.1. The summed E-state index contributed by atoms with van der Waals surface area (Å²) in [6, 6.07) is 60.3. The third-order valence-electron chi connectivity index (χ3n) is 11.3. The molecule has 2 heteroatoms. The molecule has 1 atom stereocenters. The van der Waals surface area contributed by atoms with Crippen LogP contribution in [0.5, 0.6) is 0 Å². The van der Waals surface area contributed by atoms with Crippen molar-refractivity contribution < 1.29 is 0 Å². The van der Waals surface area contributed by atoms with Gasteiger partial charge in [-0.3, -0.25) is 0 Å². The van der Waals surface area contributed by atoms with E-state index in [1.165, 1.54) is 93.8 Å². The normalized spacial score (nSPS) is 15.3. The first-order valence-corrected chi connectivity index (χ1v) is 18.1. The average molecular weight is 663 g/mol. The Morgan fingerprint density at radius 2 is 1.06 bits per heavy atom. The van der Waals surface area contributed by atoms with Gasteiger partial charge in [0.1, 0.15) is 0 Å². The second-order valence-corrected chi connectivity index (χ2v) is 14.2. The van der Waals surface area contributed by atoms with Crippen molar-refractivity contribution in [2.75, 3.05) is 0 Å². The highest BCUT2D eigenvalue weighted by atomic mass is 15.0. The molecule has 0 radical (unpaired) electrons. The van der Waals surface area contributed by atoms with Crippen LogP contribution in [0, 0.1) is 0 Å². The van der Waals surface area contributed by atoms with Gasteiger partial charge in [-0.25, -0.2) is 0 Å². The van der Waals surface area contributed by atoms with E-state index >= 15 is 0 Å².